The van der Waals surface area contributed by atoms with Crippen LogP contribution in [-0.2, 0) is 12.5 Å². The van der Waals surface area contributed by atoms with Gasteiger partial charge in [-0.3, -0.25) is 9.48 Å². The van der Waals surface area contributed by atoms with Crippen molar-refractivity contribution in [2.24, 2.45) is 12.8 Å². The van der Waals surface area contributed by atoms with E-state index in [1.54, 1.807) is 11.7 Å². The highest BCUT2D eigenvalue weighted by molar-refractivity contribution is 5.92. The summed E-state index contributed by atoms with van der Waals surface area (Å²) in [6, 6.07) is 9.87. The van der Waals surface area contributed by atoms with Gasteiger partial charge in [-0.15, -0.1) is 12.4 Å². The van der Waals surface area contributed by atoms with Crippen molar-refractivity contribution in [1.29, 1.82) is 0 Å². The molecule has 26 heavy (non-hydrogen) atoms. The van der Waals surface area contributed by atoms with Gasteiger partial charge in [-0.25, -0.2) is 0 Å². The number of aromatic nitrogens is 2. The molecule has 0 aliphatic carbocycles. The van der Waals surface area contributed by atoms with Gasteiger partial charge in [0.05, 0.1) is 5.69 Å². The van der Waals surface area contributed by atoms with Crippen molar-refractivity contribution in [2.75, 3.05) is 6.54 Å². The predicted molar refractivity (Wildman–Crippen MR) is 109 cm³/mol. The number of hydrogen-bond acceptors (Lipinski definition) is 3. The summed E-state index contributed by atoms with van der Waals surface area (Å²) in [4.78, 5) is 12.5. The minimum Gasteiger partial charge on any atom is -0.349 e. The Bertz CT molecular complexity index is 729. The first-order valence-electron chi connectivity index (χ1n) is 8.77. The minimum absolute atomic E-state index is 0. The summed E-state index contributed by atoms with van der Waals surface area (Å²) in [7, 11) is 1.79. The van der Waals surface area contributed by atoms with Gasteiger partial charge in [0, 0.05) is 25.0 Å². The van der Waals surface area contributed by atoms with E-state index in [4.69, 9.17) is 5.73 Å². The lowest BCUT2D eigenvalue weighted by molar-refractivity contribution is 0.0942. The van der Waals surface area contributed by atoms with Gasteiger partial charge in [-0.05, 0) is 23.1 Å². The molecule has 0 aliphatic rings. The highest BCUT2D eigenvalue weighted by Gasteiger charge is 2.22. The highest BCUT2D eigenvalue weighted by Crippen LogP contribution is 2.21. The topological polar surface area (TPSA) is 72.9 Å². The van der Waals surface area contributed by atoms with E-state index in [9.17, 15) is 4.79 Å². The molecule has 0 spiro atoms. The normalized spacial score (nSPS) is 12.6. The largest absolute Gasteiger partial charge is 0.349 e. The highest BCUT2D eigenvalue weighted by atomic mass is 35.5. The third-order valence-corrected chi connectivity index (χ3v) is 4.39. The predicted octanol–water partition coefficient (Wildman–Crippen LogP) is 3.69. The summed E-state index contributed by atoms with van der Waals surface area (Å²) >= 11 is 0. The molecule has 0 saturated carbocycles. The van der Waals surface area contributed by atoms with Crippen LogP contribution >= 0.6 is 12.4 Å². The Labute approximate surface area is 162 Å². The van der Waals surface area contributed by atoms with Crippen LogP contribution in [0.5, 0.6) is 0 Å². The van der Waals surface area contributed by atoms with Gasteiger partial charge < -0.3 is 11.1 Å². The van der Waals surface area contributed by atoms with E-state index in [2.05, 4.69) is 57.2 Å². The zero-order valence-electron chi connectivity index (χ0n) is 16.5. The van der Waals surface area contributed by atoms with Crippen LogP contribution in [0.3, 0.4) is 0 Å². The van der Waals surface area contributed by atoms with E-state index in [1.807, 2.05) is 18.2 Å². The van der Waals surface area contributed by atoms with E-state index in [0.717, 1.165) is 11.3 Å². The Morgan fingerprint density at radius 2 is 1.73 bits per heavy atom. The second-order valence-electron chi connectivity index (χ2n) is 7.93. The number of aryl methyl sites for hydroxylation is 1. The van der Waals surface area contributed by atoms with Crippen LogP contribution in [0.4, 0.5) is 0 Å². The summed E-state index contributed by atoms with van der Waals surface area (Å²) in [6.07, 6.45) is 0. The third kappa shape index (κ3) is 5.32. The van der Waals surface area contributed by atoms with Crippen molar-refractivity contribution in [3.05, 3.63) is 52.8 Å². The Balaban J connectivity index is 0.00000338. The van der Waals surface area contributed by atoms with Crippen LogP contribution in [0.1, 0.15) is 73.9 Å². The molecule has 1 amide bonds. The van der Waals surface area contributed by atoms with Gasteiger partial charge in [-0.2, -0.15) is 5.10 Å². The Kier molecular flexibility index (Phi) is 7.42. The van der Waals surface area contributed by atoms with Crippen molar-refractivity contribution >= 4 is 18.3 Å². The van der Waals surface area contributed by atoms with Crippen molar-refractivity contribution < 1.29 is 4.79 Å². The molecule has 3 N–H and O–H groups in total. The first kappa shape index (κ1) is 22.2. The molecule has 0 radical (unpaired) electrons. The van der Waals surface area contributed by atoms with Crippen LogP contribution in [0.25, 0.3) is 0 Å². The Morgan fingerprint density at radius 3 is 2.19 bits per heavy atom. The molecular weight excluding hydrogens is 348 g/mol. The summed E-state index contributed by atoms with van der Waals surface area (Å²) in [6.45, 7) is 10.9. The molecule has 0 fully saturated rings. The van der Waals surface area contributed by atoms with Crippen LogP contribution < -0.4 is 11.1 Å². The number of carbonyl (C=O) groups excluding carboxylic acids is 1. The monoisotopic (exact) mass is 378 g/mol. The van der Waals surface area contributed by atoms with Gasteiger partial charge in [0.1, 0.15) is 5.69 Å². The SMILES string of the molecule is CC(C)c1ccc(C(N)CNC(=O)c2cc(C(C)(C)C)nn2C)cc1.Cl. The number of nitrogens with one attached hydrogen (secondary N) is 1. The fraction of sp³-hybridized carbons (Fsp3) is 0.500. The lowest BCUT2D eigenvalue weighted by atomic mass is 9.92. The maximum atomic E-state index is 12.5. The number of amides is 1. The second kappa shape index (κ2) is 8.69. The molecule has 0 saturated heterocycles. The van der Waals surface area contributed by atoms with Crippen LogP contribution in [0.15, 0.2) is 30.3 Å². The quantitative estimate of drug-likeness (QED) is 0.833. The smallest absolute Gasteiger partial charge is 0.269 e. The van der Waals surface area contributed by atoms with Crippen molar-refractivity contribution in [3.63, 3.8) is 0 Å². The van der Waals surface area contributed by atoms with Crippen molar-refractivity contribution in [2.45, 2.75) is 52.0 Å². The van der Waals surface area contributed by atoms with Gasteiger partial charge in [0.25, 0.3) is 5.91 Å². The van der Waals surface area contributed by atoms with Gasteiger partial charge in [-0.1, -0.05) is 58.9 Å². The molecular formula is C20H31ClN4O. The maximum Gasteiger partial charge on any atom is 0.269 e. The van der Waals surface area contributed by atoms with Gasteiger partial charge in [0.2, 0.25) is 0 Å². The molecule has 0 bridgehead atoms. The molecule has 1 atom stereocenters. The number of hydrogen-bond donors (Lipinski definition) is 2. The molecule has 1 heterocycles. The number of nitrogens with two attached hydrogens (primary N) is 1. The summed E-state index contributed by atoms with van der Waals surface area (Å²) in [5, 5.41) is 7.35. The summed E-state index contributed by atoms with van der Waals surface area (Å²) in [5.74, 6) is 0.339. The van der Waals surface area contributed by atoms with Gasteiger partial charge in [0.15, 0.2) is 0 Å². The van der Waals surface area contributed by atoms with Crippen LogP contribution in [0.2, 0.25) is 0 Å². The zero-order chi connectivity index (χ0) is 18.8. The summed E-state index contributed by atoms with van der Waals surface area (Å²) in [5.41, 5.74) is 9.88. The lowest BCUT2D eigenvalue weighted by Crippen LogP contribution is -2.33. The number of rotatable bonds is 5. The zero-order valence-corrected chi connectivity index (χ0v) is 17.4. The van der Waals surface area contributed by atoms with Crippen LogP contribution in [-0.4, -0.2) is 22.2 Å². The second-order valence-corrected chi connectivity index (χ2v) is 7.93. The first-order valence-corrected chi connectivity index (χ1v) is 8.77. The standard InChI is InChI=1S/C20H30N4O.ClH/c1-13(2)14-7-9-15(10-8-14)16(21)12-22-19(25)17-11-18(20(3,4)5)23-24(17)6;/h7-11,13,16H,12,21H2,1-6H3,(H,22,25);1H. The molecule has 5 nitrogen and oxygen atoms in total. The van der Waals surface area contributed by atoms with E-state index in [0.29, 0.717) is 18.2 Å². The fourth-order valence-corrected chi connectivity index (χ4v) is 2.59. The molecule has 2 aromatic rings. The van der Waals surface area contributed by atoms with Crippen molar-refractivity contribution in [1.82, 2.24) is 15.1 Å². The molecule has 6 heteroatoms. The number of benzene rings is 1. The van der Waals surface area contributed by atoms with Crippen molar-refractivity contribution in [3.8, 4) is 0 Å². The van der Waals surface area contributed by atoms with E-state index < -0.39 is 0 Å². The van der Waals surface area contributed by atoms with E-state index >= 15 is 0 Å². The molecule has 1 aromatic carbocycles. The average molecular weight is 379 g/mol. The van der Waals surface area contributed by atoms with Crippen LogP contribution in [0, 0.1) is 0 Å². The molecule has 144 valence electrons. The fourth-order valence-electron chi connectivity index (χ4n) is 2.59. The van der Waals surface area contributed by atoms with E-state index in [-0.39, 0.29) is 29.8 Å². The third-order valence-electron chi connectivity index (χ3n) is 4.39. The van der Waals surface area contributed by atoms with E-state index in [1.165, 1.54) is 5.56 Å². The number of halogens is 1. The first-order chi connectivity index (χ1) is 11.6. The maximum absolute atomic E-state index is 12.5. The molecule has 2 rings (SSSR count). The Morgan fingerprint density at radius 1 is 1.19 bits per heavy atom. The minimum atomic E-state index is -0.236. The molecule has 1 unspecified atom stereocenters. The summed E-state index contributed by atoms with van der Waals surface area (Å²) < 4.78 is 1.62. The molecule has 1 aromatic heterocycles. The average Bonchev–Trinajstić information content (AvgIpc) is 2.94. The number of nitrogens with zero attached hydrogens (tertiary/aromatic N) is 2. The Hall–Kier alpha value is -1.85. The van der Waals surface area contributed by atoms with Gasteiger partial charge >= 0.3 is 0 Å². The molecule has 0 aliphatic heterocycles. The number of carbonyl (C=O) groups is 1. The lowest BCUT2D eigenvalue weighted by Gasteiger charge is -2.14.